The predicted octanol–water partition coefficient (Wildman–Crippen LogP) is 3.22. The molecule has 0 spiro atoms. The Hall–Kier alpha value is -2.34. The molecule has 0 amide bonds. The normalized spacial score (nSPS) is 10.7. The number of methoxy groups -OCH3 is 2. The Bertz CT molecular complexity index is 921. The molecule has 0 saturated heterocycles. The van der Waals surface area contributed by atoms with E-state index in [1.165, 1.54) is 4.68 Å². The van der Waals surface area contributed by atoms with Gasteiger partial charge in [-0.05, 0) is 34.1 Å². The van der Waals surface area contributed by atoms with E-state index in [2.05, 4.69) is 21.0 Å². The molecule has 6 heteroatoms. The van der Waals surface area contributed by atoms with Crippen molar-refractivity contribution in [3.63, 3.8) is 0 Å². The maximum atomic E-state index is 12.6. The number of halogens is 1. The Morgan fingerprint density at radius 2 is 1.87 bits per heavy atom. The van der Waals surface area contributed by atoms with Crippen LogP contribution in [-0.2, 0) is 6.54 Å². The minimum atomic E-state index is -0.132. The third kappa shape index (κ3) is 2.94. The molecule has 0 saturated carbocycles. The zero-order chi connectivity index (χ0) is 16.4. The molecule has 3 aromatic rings. The van der Waals surface area contributed by atoms with Crippen LogP contribution in [0.5, 0.6) is 11.5 Å². The third-order valence-electron chi connectivity index (χ3n) is 3.64. The molecule has 3 rings (SSSR count). The molecule has 118 valence electrons. The quantitative estimate of drug-likeness (QED) is 0.703. The average Bonchev–Trinajstić information content (AvgIpc) is 2.58. The first-order valence-electron chi connectivity index (χ1n) is 6.99. The molecular formula is C17H15BrN2O3. The number of benzene rings is 2. The summed E-state index contributed by atoms with van der Waals surface area (Å²) in [6, 6.07) is 11.1. The Balaban J connectivity index is 2.09. The van der Waals surface area contributed by atoms with Crippen molar-refractivity contribution in [3.8, 4) is 11.5 Å². The molecular weight excluding hydrogens is 360 g/mol. The van der Waals surface area contributed by atoms with Gasteiger partial charge in [-0.1, -0.05) is 18.2 Å². The Kier molecular flexibility index (Phi) is 4.34. The van der Waals surface area contributed by atoms with E-state index in [9.17, 15) is 4.79 Å². The van der Waals surface area contributed by atoms with Gasteiger partial charge >= 0.3 is 0 Å². The van der Waals surface area contributed by atoms with Gasteiger partial charge in [0.1, 0.15) is 11.5 Å². The first-order chi connectivity index (χ1) is 11.1. The fraction of sp³-hybridized carbons (Fsp3) is 0.176. The molecule has 5 nitrogen and oxygen atoms in total. The largest absolute Gasteiger partial charge is 0.496 e. The maximum absolute atomic E-state index is 12.6. The van der Waals surface area contributed by atoms with Crippen LogP contribution in [0.25, 0.3) is 10.8 Å². The second-order valence-corrected chi connectivity index (χ2v) is 5.85. The van der Waals surface area contributed by atoms with Crippen LogP contribution in [0.15, 0.2) is 51.9 Å². The lowest BCUT2D eigenvalue weighted by Crippen LogP contribution is -2.23. The number of nitrogens with zero attached hydrogens (tertiary/aromatic N) is 2. The van der Waals surface area contributed by atoms with E-state index in [0.717, 1.165) is 15.4 Å². The number of ether oxygens (including phenoxy) is 2. The highest BCUT2D eigenvalue weighted by molar-refractivity contribution is 9.10. The molecule has 2 aromatic carbocycles. The van der Waals surface area contributed by atoms with Crippen molar-refractivity contribution in [2.75, 3.05) is 14.2 Å². The van der Waals surface area contributed by atoms with Crippen molar-refractivity contribution >= 4 is 26.7 Å². The van der Waals surface area contributed by atoms with Gasteiger partial charge in [0.05, 0.1) is 36.8 Å². The van der Waals surface area contributed by atoms with E-state index in [1.54, 1.807) is 26.5 Å². The number of rotatable bonds is 4. The van der Waals surface area contributed by atoms with Gasteiger partial charge in [-0.2, -0.15) is 5.10 Å². The smallest absolute Gasteiger partial charge is 0.274 e. The molecule has 0 aliphatic heterocycles. The summed E-state index contributed by atoms with van der Waals surface area (Å²) >= 11 is 3.43. The maximum Gasteiger partial charge on any atom is 0.274 e. The van der Waals surface area contributed by atoms with Crippen LogP contribution < -0.4 is 15.0 Å². The molecule has 0 radical (unpaired) electrons. The monoisotopic (exact) mass is 374 g/mol. The zero-order valence-electron chi connectivity index (χ0n) is 12.7. The lowest BCUT2D eigenvalue weighted by atomic mass is 10.1. The summed E-state index contributed by atoms with van der Waals surface area (Å²) in [6.45, 7) is 0.302. The topological polar surface area (TPSA) is 53.4 Å². The minimum absolute atomic E-state index is 0.132. The lowest BCUT2D eigenvalue weighted by molar-refractivity contribution is 0.394. The van der Waals surface area contributed by atoms with Crippen LogP contribution >= 0.6 is 15.9 Å². The molecule has 0 atom stereocenters. The van der Waals surface area contributed by atoms with Gasteiger partial charge in [0.2, 0.25) is 0 Å². The van der Waals surface area contributed by atoms with E-state index in [-0.39, 0.29) is 5.56 Å². The summed E-state index contributed by atoms with van der Waals surface area (Å²) < 4.78 is 12.9. The van der Waals surface area contributed by atoms with Gasteiger partial charge in [0, 0.05) is 10.9 Å². The lowest BCUT2D eigenvalue weighted by Gasteiger charge is -2.13. The van der Waals surface area contributed by atoms with Gasteiger partial charge < -0.3 is 9.47 Å². The zero-order valence-corrected chi connectivity index (χ0v) is 14.3. The predicted molar refractivity (Wildman–Crippen MR) is 92.4 cm³/mol. The van der Waals surface area contributed by atoms with Crippen LogP contribution in [0.1, 0.15) is 5.56 Å². The Morgan fingerprint density at radius 1 is 1.13 bits per heavy atom. The summed E-state index contributed by atoms with van der Waals surface area (Å²) in [6.07, 6.45) is 1.69. The summed E-state index contributed by atoms with van der Waals surface area (Å²) in [5.74, 6) is 1.34. The fourth-order valence-corrected chi connectivity index (χ4v) is 2.93. The fourth-order valence-electron chi connectivity index (χ4n) is 2.45. The molecule has 1 aromatic heterocycles. The standard InChI is InChI=1S/C17H15BrN2O3/c1-22-15-8-14(18)16(23-2)7-12(15)10-20-17(21)13-6-4-3-5-11(13)9-19-20/h3-9H,10H2,1-2H3. The molecule has 0 bridgehead atoms. The summed E-state index contributed by atoms with van der Waals surface area (Å²) in [5.41, 5.74) is 0.685. The molecule has 0 aliphatic rings. The van der Waals surface area contributed by atoms with Crippen molar-refractivity contribution in [1.82, 2.24) is 9.78 Å². The van der Waals surface area contributed by atoms with E-state index >= 15 is 0 Å². The molecule has 23 heavy (non-hydrogen) atoms. The number of hydrogen-bond acceptors (Lipinski definition) is 4. The van der Waals surface area contributed by atoms with Crippen LogP contribution in [-0.4, -0.2) is 24.0 Å². The number of fused-ring (bicyclic) bond motifs is 1. The van der Waals surface area contributed by atoms with E-state index in [4.69, 9.17) is 9.47 Å². The van der Waals surface area contributed by atoms with E-state index in [0.29, 0.717) is 23.4 Å². The van der Waals surface area contributed by atoms with E-state index < -0.39 is 0 Å². The van der Waals surface area contributed by atoms with E-state index in [1.807, 2.05) is 30.3 Å². The van der Waals surface area contributed by atoms with Crippen molar-refractivity contribution < 1.29 is 9.47 Å². The molecule has 0 fully saturated rings. The van der Waals surface area contributed by atoms with Gasteiger partial charge in [0.15, 0.2) is 0 Å². The van der Waals surface area contributed by atoms with Crippen LogP contribution in [0.2, 0.25) is 0 Å². The summed E-state index contributed by atoms with van der Waals surface area (Å²) in [4.78, 5) is 12.6. The van der Waals surface area contributed by atoms with Crippen molar-refractivity contribution in [1.29, 1.82) is 0 Å². The first kappa shape index (κ1) is 15.6. The summed E-state index contributed by atoms with van der Waals surface area (Å²) in [5, 5.41) is 5.72. The SMILES string of the molecule is COc1cc(Cn2ncc3ccccc3c2=O)c(OC)cc1Br. The molecule has 0 aliphatic carbocycles. The highest BCUT2D eigenvalue weighted by Gasteiger charge is 2.12. The van der Waals surface area contributed by atoms with Crippen LogP contribution in [0.3, 0.4) is 0 Å². The number of aromatic nitrogens is 2. The van der Waals surface area contributed by atoms with Crippen molar-refractivity contribution in [2.24, 2.45) is 0 Å². The van der Waals surface area contributed by atoms with Gasteiger partial charge in [-0.25, -0.2) is 4.68 Å². The van der Waals surface area contributed by atoms with Gasteiger partial charge in [0.25, 0.3) is 5.56 Å². The van der Waals surface area contributed by atoms with Crippen LogP contribution in [0.4, 0.5) is 0 Å². The minimum Gasteiger partial charge on any atom is -0.496 e. The van der Waals surface area contributed by atoms with Crippen molar-refractivity contribution in [3.05, 3.63) is 63.0 Å². The third-order valence-corrected chi connectivity index (χ3v) is 4.26. The molecule has 0 unspecified atom stereocenters. The first-order valence-corrected chi connectivity index (χ1v) is 7.78. The average molecular weight is 375 g/mol. The highest BCUT2D eigenvalue weighted by atomic mass is 79.9. The highest BCUT2D eigenvalue weighted by Crippen LogP contribution is 2.33. The molecule has 0 N–H and O–H groups in total. The summed E-state index contributed by atoms with van der Waals surface area (Å²) in [7, 11) is 3.19. The Labute approximate surface area is 141 Å². The second kappa shape index (κ2) is 6.42. The number of hydrogen-bond donors (Lipinski definition) is 0. The van der Waals surface area contributed by atoms with Crippen LogP contribution in [0, 0.1) is 0 Å². The van der Waals surface area contributed by atoms with Gasteiger partial charge in [-0.15, -0.1) is 0 Å². The van der Waals surface area contributed by atoms with Crippen molar-refractivity contribution in [2.45, 2.75) is 6.54 Å². The molecule has 1 heterocycles. The Morgan fingerprint density at radius 3 is 2.61 bits per heavy atom. The second-order valence-electron chi connectivity index (χ2n) is 4.99. The van der Waals surface area contributed by atoms with Gasteiger partial charge in [-0.3, -0.25) is 4.79 Å².